The predicted octanol–water partition coefficient (Wildman–Crippen LogP) is 3.45. The summed E-state index contributed by atoms with van der Waals surface area (Å²) in [5, 5.41) is 8.78. The van der Waals surface area contributed by atoms with E-state index in [4.69, 9.17) is 15.6 Å². The van der Waals surface area contributed by atoms with Crippen LogP contribution in [0, 0.1) is 5.82 Å². The number of nitrogens with two attached hydrogens (primary N) is 1. The van der Waals surface area contributed by atoms with Crippen molar-refractivity contribution >= 4 is 27.6 Å². The summed E-state index contributed by atoms with van der Waals surface area (Å²) in [6.45, 7) is 0.204. The smallest absolute Gasteiger partial charge is 0.338 e. The van der Waals surface area contributed by atoms with Crippen molar-refractivity contribution in [2.45, 2.75) is 6.61 Å². The number of carbonyl (C=O) groups is 1. The largest absolute Gasteiger partial charge is 0.487 e. The highest BCUT2D eigenvalue weighted by molar-refractivity contribution is 9.10. The number of carboxylic acids is 1. The van der Waals surface area contributed by atoms with Gasteiger partial charge in [-0.15, -0.1) is 0 Å². The molecule has 0 heterocycles. The summed E-state index contributed by atoms with van der Waals surface area (Å²) < 4.78 is 19.9. The summed E-state index contributed by atoms with van der Waals surface area (Å²) in [4.78, 5) is 10.8. The number of aromatic carboxylic acids is 1. The Morgan fingerprint density at radius 2 is 2.10 bits per heavy atom. The molecule has 0 unspecified atom stereocenters. The minimum atomic E-state index is -1.37. The van der Waals surface area contributed by atoms with E-state index in [1.165, 1.54) is 0 Å². The molecule has 4 nitrogen and oxygen atoms in total. The predicted molar refractivity (Wildman–Crippen MR) is 76.2 cm³/mol. The normalized spacial score (nSPS) is 10.3. The molecule has 3 N–H and O–H groups in total. The summed E-state index contributed by atoms with van der Waals surface area (Å²) in [7, 11) is 0. The van der Waals surface area contributed by atoms with Crippen molar-refractivity contribution in [1.29, 1.82) is 0 Å². The fraction of sp³-hybridized carbons (Fsp3) is 0.0714. The Labute approximate surface area is 123 Å². The standard InChI is InChI=1S/C14H11BrFNO3/c15-9-3-1-2-8(4-9)7-20-13-6-11(16)10(14(18)19)5-12(13)17/h1-6H,7,17H2,(H,18,19). The average molecular weight is 340 g/mol. The molecular weight excluding hydrogens is 329 g/mol. The first-order chi connectivity index (χ1) is 9.47. The van der Waals surface area contributed by atoms with Gasteiger partial charge in [-0.25, -0.2) is 9.18 Å². The average Bonchev–Trinajstić information content (AvgIpc) is 2.39. The van der Waals surface area contributed by atoms with Crippen LogP contribution in [0.25, 0.3) is 0 Å². The van der Waals surface area contributed by atoms with E-state index in [1.807, 2.05) is 24.3 Å². The molecule has 0 bridgehead atoms. The van der Waals surface area contributed by atoms with E-state index >= 15 is 0 Å². The van der Waals surface area contributed by atoms with Crippen molar-refractivity contribution in [3.05, 3.63) is 57.8 Å². The van der Waals surface area contributed by atoms with Crippen LogP contribution in [-0.2, 0) is 6.61 Å². The van der Waals surface area contributed by atoms with E-state index in [2.05, 4.69) is 15.9 Å². The van der Waals surface area contributed by atoms with Gasteiger partial charge < -0.3 is 15.6 Å². The van der Waals surface area contributed by atoms with Crippen LogP contribution in [0.3, 0.4) is 0 Å². The first kappa shape index (κ1) is 14.3. The quantitative estimate of drug-likeness (QED) is 0.837. The number of benzene rings is 2. The Kier molecular flexibility index (Phi) is 4.24. The lowest BCUT2D eigenvalue weighted by Gasteiger charge is -2.10. The van der Waals surface area contributed by atoms with E-state index in [1.54, 1.807) is 0 Å². The molecule has 6 heteroatoms. The fourth-order valence-electron chi connectivity index (χ4n) is 1.65. The number of nitrogen functional groups attached to an aromatic ring is 1. The maximum atomic E-state index is 13.5. The molecule has 0 aliphatic carbocycles. The van der Waals surface area contributed by atoms with Crippen molar-refractivity contribution in [2.24, 2.45) is 0 Å². The van der Waals surface area contributed by atoms with Crippen molar-refractivity contribution in [3.63, 3.8) is 0 Å². The Bertz CT molecular complexity index is 661. The summed E-state index contributed by atoms with van der Waals surface area (Å²) in [5.74, 6) is -2.13. The van der Waals surface area contributed by atoms with Gasteiger partial charge in [0.2, 0.25) is 0 Å². The molecule has 2 aromatic carbocycles. The van der Waals surface area contributed by atoms with Gasteiger partial charge in [-0.1, -0.05) is 28.1 Å². The summed E-state index contributed by atoms with van der Waals surface area (Å²) in [6, 6.07) is 9.46. The number of carboxylic acid groups (broad SMARTS) is 1. The van der Waals surface area contributed by atoms with Crippen molar-refractivity contribution in [2.75, 3.05) is 5.73 Å². The number of halogens is 2. The lowest BCUT2D eigenvalue weighted by molar-refractivity contribution is 0.0692. The highest BCUT2D eigenvalue weighted by atomic mass is 79.9. The first-order valence-electron chi connectivity index (χ1n) is 5.67. The molecule has 0 radical (unpaired) electrons. The molecule has 0 atom stereocenters. The van der Waals surface area contributed by atoms with Gasteiger partial charge in [0.15, 0.2) is 0 Å². The minimum absolute atomic E-state index is 0.0822. The molecule has 20 heavy (non-hydrogen) atoms. The molecule has 2 rings (SSSR count). The lowest BCUT2D eigenvalue weighted by atomic mass is 10.1. The van der Waals surface area contributed by atoms with Gasteiger partial charge in [-0.3, -0.25) is 0 Å². The minimum Gasteiger partial charge on any atom is -0.487 e. The number of anilines is 1. The van der Waals surface area contributed by atoms with Crippen LogP contribution in [0.5, 0.6) is 5.75 Å². The molecule has 0 aliphatic rings. The molecule has 0 amide bonds. The molecule has 0 saturated carbocycles. The third kappa shape index (κ3) is 3.27. The summed E-state index contributed by atoms with van der Waals surface area (Å²) in [5.41, 5.74) is 6.14. The van der Waals surface area contributed by atoms with Gasteiger partial charge in [0.05, 0.1) is 11.3 Å². The second kappa shape index (κ2) is 5.92. The van der Waals surface area contributed by atoms with Gasteiger partial charge in [-0.2, -0.15) is 0 Å². The Hall–Kier alpha value is -2.08. The third-order valence-corrected chi connectivity index (χ3v) is 3.11. The maximum Gasteiger partial charge on any atom is 0.338 e. The maximum absolute atomic E-state index is 13.5. The van der Waals surface area contributed by atoms with E-state index < -0.39 is 17.3 Å². The lowest BCUT2D eigenvalue weighted by Crippen LogP contribution is -2.05. The first-order valence-corrected chi connectivity index (χ1v) is 6.46. The second-order valence-electron chi connectivity index (χ2n) is 4.09. The van der Waals surface area contributed by atoms with Gasteiger partial charge >= 0.3 is 5.97 Å². The molecule has 0 spiro atoms. The molecule has 0 saturated heterocycles. The Morgan fingerprint density at radius 1 is 1.35 bits per heavy atom. The highest BCUT2D eigenvalue weighted by Crippen LogP contribution is 2.26. The Balaban J connectivity index is 2.18. The topological polar surface area (TPSA) is 72.6 Å². The van der Waals surface area contributed by atoms with Crippen molar-refractivity contribution in [3.8, 4) is 5.75 Å². The molecule has 0 aliphatic heterocycles. The van der Waals surface area contributed by atoms with Crippen LogP contribution in [0.1, 0.15) is 15.9 Å². The molecule has 0 aromatic heterocycles. The molecule has 2 aromatic rings. The van der Waals surface area contributed by atoms with Crippen LogP contribution >= 0.6 is 15.9 Å². The zero-order valence-corrected chi connectivity index (χ0v) is 11.9. The number of hydrogen-bond acceptors (Lipinski definition) is 3. The monoisotopic (exact) mass is 339 g/mol. The Morgan fingerprint density at radius 3 is 2.75 bits per heavy atom. The summed E-state index contributed by atoms with van der Waals surface area (Å²) in [6.07, 6.45) is 0. The van der Waals surface area contributed by atoms with Crippen molar-refractivity contribution in [1.82, 2.24) is 0 Å². The second-order valence-corrected chi connectivity index (χ2v) is 5.01. The summed E-state index contributed by atoms with van der Waals surface area (Å²) >= 11 is 3.33. The van der Waals surface area contributed by atoms with Gasteiger partial charge in [0.1, 0.15) is 18.2 Å². The van der Waals surface area contributed by atoms with Crippen LogP contribution < -0.4 is 10.5 Å². The van der Waals surface area contributed by atoms with E-state index in [9.17, 15) is 9.18 Å². The number of rotatable bonds is 4. The third-order valence-electron chi connectivity index (χ3n) is 2.61. The molecule has 0 fully saturated rings. The van der Waals surface area contributed by atoms with Crippen LogP contribution in [-0.4, -0.2) is 11.1 Å². The highest BCUT2D eigenvalue weighted by Gasteiger charge is 2.14. The molecule has 104 valence electrons. The van der Waals surface area contributed by atoms with Gasteiger partial charge in [0, 0.05) is 10.5 Å². The van der Waals surface area contributed by atoms with E-state index in [0.29, 0.717) is 0 Å². The van der Waals surface area contributed by atoms with E-state index in [0.717, 1.165) is 22.2 Å². The SMILES string of the molecule is Nc1cc(C(=O)O)c(F)cc1OCc1cccc(Br)c1. The zero-order chi connectivity index (χ0) is 14.7. The van der Waals surface area contributed by atoms with Gasteiger partial charge in [0.25, 0.3) is 0 Å². The number of ether oxygens (including phenoxy) is 1. The van der Waals surface area contributed by atoms with Crippen molar-refractivity contribution < 1.29 is 19.0 Å². The van der Waals surface area contributed by atoms with E-state index in [-0.39, 0.29) is 18.0 Å². The van der Waals surface area contributed by atoms with Crippen LogP contribution in [0.2, 0.25) is 0 Å². The number of hydrogen-bond donors (Lipinski definition) is 2. The van der Waals surface area contributed by atoms with Gasteiger partial charge in [-0.05, 0) is 23.8 Å². The van der Waals surface area contributed by atoms with Crippen LogP contribution in [0.15, 0.2) is 40.9 Å². The fourth-order valence-corrected chi connectivity index (χ4v) is 2.10. The van der Waals surface area contributed by atoms with Crippen LogP contribution in [0.4, 0.5) is 10.1 Å². The molecular formula is C14H11BrFNO3. The zero-order valence-electron chi connectivity index (χ0n) is 10.3.